The fraction of sp³-hybridized carbons (Fsp3) is 0.565. The molecule has 8 heteroatoms. The highest BCUT2D eigenvalue weighted by atomic mass is 32.2. The van der Waals surface area contributed by atoms with Crippen LogP contribution in [0.3, 0.4) is 0 Å². The molecule has 1 atom stereocenters. The highest BCUT2D eigenvalue weighted by Crippen LogP contribution is 2.41. The van der Waals surface area contributed by atoms with E-state index in [2.05, 4.69) is 16.9 Å². The van der Waals surface area contributed by atoms with E-state index >= 15 is 0 Å². The monoisotopic (exact) mass is 444 g/mol. The first-order valence-corrected chi connectivity index (χ1v) is 12.0. The molecule has 1 aromatic heterocycles. The number of nitrogens with one attached hydrogen (secondary N) is 1. The largest absolute Gasteiger partial charge is 0.344 e. The van der Waals surface area contributed by atoms with Gasteiger partial charge in [-0.3, -0.25) is 14.4 Å². The normalized spacial score (nSPS) is 18.7. The van der Waals surface area contributed by atoms with E-state index in [-0.39, 0.29) is 23.1 Å². The molecule has 7 nitrogen and oxygen atoms in total. The fourth-order valence-corrected chi connectivity index (χ4v) is 5.16. The zero-order valence-electron chi connectivity index (χ0n) is 18.6. The summed E-state index contributed by atoms with van der Waals surface area (Å²) in [6.45, 7) is 9.94. The van der Waals surface area contributed by atoms with Gasteiger partial charge in [0.15, 0.2) is 0 Å². The van der Waals surface area contributed by atoms with E-state index < -0.39 is 6.04 Å². The van der Waals surface area contributed by atoms with E-state index in [9.17, 15) is 14.4 Å². The van der Waals surface area contributed by atoms with Crippen molar-refractivity contribution in [1.29, 1.82) is 0 Å². The number of aromatic nitrogens is 1. The van der Waals surface area contributed by atoms with Crippen molar-refractivity contribution < 1.29 is 14.4 Å². The third-order valence-corrected chi connectivity index (χ3v) is 7.00. The lowest BCUT2D eigenvalue weighted by Gasteiger charge is -2.39. The molecule has 31 heavy (non-hydrogen) atoms. The van der Waals surface area contributed by atoms with E-state index in [1.807, 2.05) is 29.0 Å². The van der Waals surface area contributed by atoms with Crippen LogP contribution in [0.5, 0.6) is 0 Å². The fourth-order valence-electron chi connectivity index (χ4n) is 4.62. The Morgan fingerprint density at radius 2 is 1.84 bits per heavy atom. The van der Waals surface area contributed by atoms with Gasteiger partial charge < -0.3 is 15.1 Å². The molecule has 0 saturated carbocycles. The van der Waals surface area contributed by atoms with Crippen molar-refractivity contribution in [3.05, 3.63) is 36.0 Å². The lowest BCUT2D eigenvalue weighted by atomic mass is 9.77. The number of thioether (sulfide) groups is 1. The molecule has 2 fully saturated rings. The van der Waals surface area contributed by atoms with Gasteiger partial charge in [0, 0.05) is 39.3 Å². The molecule has 0 aliphatic carbocycles. The van der Waals surface area contributed by atoms with Gasteiger partial charge in [-0.05, 0) is 56.4 Å². The first-order valence-electron chi connectivity index (χ1n) is 10.7. The van der Waals surface area contributed by atoms with Crippen LogP contribution in [0.2, 0.25) is 0 Å². The van der Waals surface area contributed by atoms with E-state index in [1.165, 1.54) is 18.7 Å². The molecule has 1 spiro atoms. The van der Waals surface area contributed by atoms with Crippen molar-refractivity contribution in [2.45, 2.75) is 50.6 Å². The number of nitrogens with zero attached hydrogens (tertiary/aromatic N) is 3. The maximum absolute atomic E-state index is 13.1. The highest BCUT2D eigenvalue weighted by molar-refractivity contribution is 7.98. The average Bonchev–Trinajstić information content (AvgIpc) is 3.15. The molecule has 3 heterocycles. The minimum Gasteiger partial charge on any atom is -0.344 e. The molecule has 3 rings (SSSR count). The molecule has 1 N–H and O–H groups in total. The van der Waals surface area contributed by atoms with Crippen molar-refractivity contribution >= 4 is 29.5 Å². The second-order valence-electron chi connectivity index (χ2n) is 8.78. The number of carbonyl (C=O) groups is 3. The third-order valence-electron chi connectivity index (χ3n) is 6.28. The summed E-state index contributed by atoms with van der Waals surface area (Å²) in [6.07, 6.45) is 6.78. The highest BCUT2D eigenvalue weighted by Gasteiger charge is 2.44. The van der Waals surface area contributed by atoms with Crippen molar-refractivity contribution in [3.63, 3.8) is 0 Å². The van der Waals surface area contributed by atoms with Gasteiger partial charge in [0.05, 0.1) is 5.56 Å². The summed E-state index contributed by atoms with van der Waals surface area (Å²) >= 11 is 1.48. The first-order chi connectivity index (χ1) is 14.7. The molecular formula is C23H32N4O3S. The number of rotatable bonds is 6. The van der Waals surface area contributed by atoms with Gasteiger partial charge in [0.1, 0.15) is 11.1 Å². The van der Waals surface area contributed by atoms with E-state index in [4.69, 9.17) is 0 Å². The summed E-state index contributed by atoms with van der Waals surface area (Å²) in [5.41, 5.74) is 1.58. The first kappa shape index (κ1) is 23.3. The zero-order chi connectivity index (χ0) is 22.6. The van der Waals surface area contributed by atoms with E-state index in [0.29, 0.717) is 38.2 Å². The van der Waals surface area contributed by atoms with Crippen LogP contribution in [-0.4, -0.2) is 71.0 Å². The van der Waals surface area contributed by atoms with Crippen molar-refractivity contribution in [1.82, 2.24) is 20.1 Å². The Kier molecular flexibility index (Phi) is 7.41. The molecule has 0 aromatic carbocycles. The number of amides is 3. The predicted molar refractivity (Wildman–Crippen MR) is 122 cm³/mol. The average molecular weight is 445 g/mol. The Labute approximate surface area is 188 Å². The van der Waals surface area contributed by atoms with Gasteiger partial charge in [0.25, 0.3) is 5.91 Å². The molecule has 2 aliphatic heterocycles. The lowest BCUT2D eigenvalue weighted by Crippen LogP contribution is -2.49. The maximum atomic E-state index is 13.1. The molecule has 2 saturated heterocycles. The Hall–Kier alpha value is -2.35. The Morgan fingerprint density at radius 3 is 2.42 bits per heavy atom. The molecule has 168 valence electrons. The van der Waals surface area contributed by atoms with Gasteiger partial charge in [-0.2, -0.15) is 0 Å². The second kappa shape index (κ2) is 9.85. The zero-order valence-corrected chi connectivity index (χ0v) is 19.5. The van der Waals surface area contributed by atoms with Crippen LogP contribution < -0.4 is 5.32 Å². The van der Waals surface area contributed by atoms with Crippen LogP contribution in [0.15, 0.2) is 35.5 Å². The van der Waals surface area contributed by atoms with Crippen LogP contribution >= 0.6 is 11.8 Å². The topological polar surface area (TPSA) is 82.6 Å². The summed E-state index contributed by atoms with van der Waals surface area (Å²) < 4.78 is 0. The van der Waals surface area contributed by atoms with Gasteiger partial charge in [-0.1, -0.05) is 5.57 Å². The number of hydrogen-bond acceptors (Lipinski definition) is 5. The van der Waals surface area contributed by atoms with Crippen molar-refractivity contribution in [2.75, 3.05) is 32.4 Å². The standard InChI is InChI=1S/C23H32N4O3S/c1-16(2)14-19(25-17(3)28)22(30)27-13-9-23(15-27)7-11-26(12-8-23)21(29)18-6-5-10-24-20(18)31-4/h5-6,10,19H,1,7-9,11-15H2,2-4H3,(H,25,28). The molecule has 3 amide bonds. The number of pyridine rings is 1. The van der Waals surface area contributed by atoms with E-state index in [0.717, 1.165) is 29.9 Å². The van der Waals surface area contributed by atoms with Crippen LogP contribution in [0.25, 0.3) is 0 Å². The summed E-state index contributed by atoms with van der Waals surface area (Å²) in [5.74, 6) is -0.209. The molecule has 1 aromatic rings. The number of hydrogen-bond donors (Lipinski definition) is 1. The van der Waals surface area contributed by atoms with Gasteiger partial charge in [-0.15, -0.1) is 18.3 Å². The minimum absolute atomic E-state index is 0.0328. The Bertz CT molecular complexity index is 848. The molecule has 0 bridgehead atoms. The Morgan fingerprint density at radius 1 is 1.19 bits per heavy atom. The number of piperidine rings is 1. The molecule has 0 radical (unpaired) electrons. The lowest BCUT2D eigenvalue weighted by molar-refractivity contribution is -0.135. The predicted octanol–water partition coefficient (Wildman–Crippen LogP) is 2.73. The summed E-state index contributed by atoms with van der Waals surface area (Å²) in [5, 5.41) is 3.53. The summed E-state index contributed by atoms with van der Waals surface area (Å²) in [7, 11) is 0. The number of carbonyl (C=O) groups excluding carboxylic acids is 3. The Balaban J connectivity index is 1.61. The smallest absolute Gasteiger partial charge is 0.256 e. The second-order valence-corrected chi connectivity index (χ2v) is 9.57. The van der Waals surface area contributed by atoms with E-state index in [1.54, 1.807) is 12.3 Å². The summed E-state index contributed by atoms with van der Waals surface area (Å²) in [6, 6.07) is 3.09. The molecule has 1 unspecified atom stereocenters. The van der Waals surface area contributed by atoms with Gasteiger partial charge in [0.2, 0.25) is 11.8 Å². The SMILES string of the molecule is C=C(C)CC(NC(C)=O)C(=O)N1CCC2(CCN(C(=O)c3cccnc3SC)CC2)C1. The van der Waals surface area contributed by atoms with Crippen LogP contribution in [0.4, 0.5) is 0 Å². The molecular weight excluding hydrogens is 412 g/mol. The van der Waals surface area contributed by atoms with Gasteiger partial charge >= 0.3 is 0 Å². The van der Waals surface area contributed by atoms with Crippen LogP contribution in [0.1, 0.15) is 49.9 Å². The molecule has 2 aliphatic rings. The van der Waals surface area contributed by atoms with Crippen molar-refractivity contribution in [2.24, 2.45) is 5.41 Å². The van der Waals surface area contributed by atoms with Crippen LogP contribution in [-0.2, 0) is 9.59 Å². The van der Waals surface area contributed by atoms with Crippen molar-refractivity contribution in [3.8, 4) is 0 Å². The third kappa shape index (κ3) is 5.47. The minimum atomic E-state index is -0.553. The van der Waals surface area contributed by atoms with Gasteiger partial charge in [-0.25, -0.2) is 4.98 Å². The van der Waals surface area contributed by atoms with Crippen LogP contribution in [0, 0.1) is 5.41 Å². The maximum Gasteiger partial charge on any atom is 0.256 e. The summed E-state index contributed by atoms with van der Waals surface area (Å²) in [4.78, 5) is 45.7. The number of likely N-dealkylation sites (tertiary alicyclic amines) is 2. The quantitative estimate of drug-likeness (QED) is 0.539.